The SMILES string of the molecule is CC12CCC(=O)C=C1C1CC1C1C2CCC2(C)C1C1CC1C21CC(C(=O)O)C(=O)O1. The third-order valence-electron chi connectivity index (χ3n) is 11.2. The summed E-state index contributed by atoms with van der Waals surface area (Å²) in [5.41, 5.74) is 0.939. The number of fused-ring (bicyclic) bond motifs is 12. The van der Waals surface area contributed by atoms with E-state index in [4.69, 9.17) is 4.74 Å². The van der Waals surface area contributed by atoms with Crippen LogP contribution in [0.5, 0.6) is 0 Å². The van der Waals surface area contributed by atoms with E-state index in [0.717, 1.165) is 25.7 Å². The Morgan fingerprint density at radius 2 is 1.93 bits per heavy atom. The Balaban J connectivity index is 1.30. The molecule has 160 valence electrons. The normalized spacial score (nSPS) is 59.3. The molecule has 0 aromatic rings. The number of hydrogen-bond acceptors (Lipinski definition) is 4. The van der Waals surface area contributed by atoms with Crippen molar-refractivity contribution in [2.45, 2.75) is 64.4 Å². The Kier molecular flexibility index (Phi) is 3.02. The van der Waals surface area contributed by atoms with E-state index in [1.54, 1.807) is 0 Å². The van der Waals surface area contributed by atoms with Crippen LogP contribution in [0.1, 0.15) is 58.8 Å². The van der Waals surface area contributed by atoms with Crippen molar-refractivity contribution < 1.29 is 24.2 Å². The first-order chi connectivity index (χ1) is 14.2. The van der Waals surface area contributed by atoms with Crippen molar-refractivity contribution >= 4 is 17.7 Å². The third-order valence-corrected chi connectivity index (χ3v) is 11.2. The molecule has 0 radical (unpaired) electrons. The molecule has 1 heterocycles. The fourth-order valence-electron chi connectivity index (χ4n) is 9.93. The van der Waals surface area contributed by atoms with Gasteiger partial charge in [0.15, 0.2) is 11.7 Å². The number of esters is 1. The summed E-state index contributed by atoms with van der Waals surface area (Å²) in [6.45, 7) is 4.75. The number of rotatable bonds is 1. The maximum absolute atomic E-state index is 12.5. The predicted octanol–water partition coefficient (Wildman–Crippen LogP) is 3.62. The van der Waals surface area contributed by atoms with Gasteiger partial charge >= 0.3 is 11.9 Å². The number of carboxylic acids is 1. The molecule has 7 rings (SSSR count). The topological polar surface area (TPSA) is 80.7 Å². The van der Waals surface area contributed by atoms with Crippen LogP contribution >= 0.6 is 0 Å². The third kappa shape index (κ3) is 1.79. The zero-order valence-corrected chi connectivity index (χ0v) is 17.7. The van der Waals surface area contributed by atoms with Crippen molar-refractivity contribution in [3.05, 3.63) is 11.6 Å². The average molecular weight is 411 g/mol. The maximum atomic E-state index is 12.5. The Morgan fingerprint density at radius 1 is 1.13 bits per heavy atom. The average Bonchev–Trinajstić information content (AvgIpc) is 3.59. The predicted molar refractivity (Wildman–Crippen MR) is 106 cm³/mol. The lowest BCUT2D eigenvalue weighted by Gasteiger charge is -2.60. The van der Waals surface area contributed by atoms with Crippen molar-refractivity contribution in [1.82, 2.24) is 0 Å². The van der Waals surface area contributed by atoms with E-state index in [0.29, 0.717) is 60.1 Å². The van der Waals surface area contributed by atoms with Crippen LogP contribution in [0.25, 0.3) is 0 Å². The smallest absolute Gasteiger partial charge is 0.321 e. The van der Waals surface area contributed by atoms with Crippen LogP contribution in [0.15, 0.2) is 11.6 Å². The lowest BCUT2D eigenvalue weighted by molar-refractivity contribution is -0.178. The molecule has 0 amide bonds. The summed E-state index contributed by atoms with van der Waals surface area (Å²) in [4.78, 5) is 36.4. The van der Waals surface area contributed by atoms with Gasteiger partial charge in [-0.2, -0.15) is 0 Å². The van der Waals surface area contributed by atoms with Crippen LogP contribution in [0.4, 0.5) is 0 Å². The summed E-state index contributed by atoms with van der Waals surface area (Å²) in [5, 5.41) is 9.59. The van der Waals surface area contributed by atoms with Crippen LogP contribution in [-0.2, 0) is 19.1 Å². The zero-order chi connectivity index (χ0) is 20.8. The van der Waals surface area contributed by atoms with E-state index >= 15 is 0 Å². The van der Waals surface area contributed by atoms with Gasteiger partial charge in [-0.05, 0) is 79.1 Å². The van der Waals surface area contributed by atoms with E-state index in [9.17, 15) is 19.5 Å². The molecule has 5 saturated carbocycles. The molecule has 5 nitrogen and oxygen atoms in total. The fraction of sp³-hybridized carbons (Fsp3) is 0.800. The van der Waals surface area contributed by atoms with Crippen LogP contribution in [0, 0.1) is 58.2 Å². The highest BCUT2D eigenvalue weighted by atomic mass is 16.6. The second kappa shape index (κ2) is 5.05. The van der Waals surface area contributed by atoms with Gasteiger partial charge in [-0.25, -0.2) is 0 Å². The highest BCUT2D eigenvalue weighted by molar-refractivity contribution is 5.96. The van der Waals surface area contributed by atoms with Crippen molar-refractivity contribution in [1.29, 1.82) is 0 Å². The van der Waals surface area contributed by atoms with Gasteiger partial charge in [0.1, 0.15) is 5.60 Å². The van der Waals surface area contributed by atoms with E-state index < -0.39 is 23.5 Å². The minimum absolute atomic E-state index is 0.100. The molecule has 30 heavy (non-hydrogen) atoms. The molecule has 6 aliphatic carbocycles. The number of allylic oxidation sites excluding steroid dienone is 1. The van der Waals surface area contributed by atoms with Crippen LogP contribution in [0.2, 0.25) is 0 Å². The number of carbonyl (C=O) groups excluding carboxylic acids is 2. The molecule has 0 aromatic carbocycles. The maximum Gasteiger partial charge on any atom is 0.321 e. The molecule has 1 saturated heterocycles. The van der Waals surface area contributed by atoms with Gasteiger partial charge in [0.25, 0.3) is 0 Å². The Bertz CT molecular complexity index is 951. The Hall–Kier alpha value is -1.65. The summed E-state index contributed by atoms with van der Waals surface area (Å²) in [5.74, 6) is 1.78. The van der Waals surface area contributed by atoms with Crippen molar-refractivity contribution in [3.8, 4) is 0 Å². The monoisotopic (exact) mass is 410 g/mol. The van der Waals surface area contributed by atoms with E-state index in [2.05, 4.69) is 13.8 Å². The van der Waals surface area contributed by atoms with Gasteiger partial charge in [0.2, 0.25) is 0 Å². The number of ketones is 1. The number of hydrogen-bond donors (Lipinski definition) is 1. The first kappa shape index (κ1) is 18.0. The molecule has 0 bridgehead atoms. The van der Waals surface area contributed by atoms with Crippen molar-refractivity contribution in [2.24, 2.45) is 58.2 Å². The zero-order valence-electron chi connectivity index (χ0n) is 17.7. The van der Waals surface area contributed by atoms with Crippen molar-refractivity contribution in [2.75, 3.05) is 0 Å². The van der Waals surface area contributed by atoms with Gasteiger partial charge < -0.3 is 9.84 Å². The molecule has 7 aliphatic rings. The second-order valence-electron chi connectivity index (χ2n) is 12.1. The highest BCUT2D eigenvalue weighted by Crippen LogP contribution is 2.82. The van der Waals surface area contributed by atoms with E-state index in [1.807, 2.05) is 6.08 Å². The molecule has 1 N–H and O–H groups in total. The first-order valence-electron chi connectivity index (χ1n) is 11.9. The molecule has 11 atom stereocenters. The lowest BCUT2D eigenvalue weighted by Crippen LogP contribution is -2.57. The lowest BCUT2D eigenvalue weighted by atomic mass is 9.45. The fourth-order valence-corrected chi connectivity index (χ4v) is 9.93. The number of carboxylic acid groups (broad SMARTS) is 1. The molecule has 1 aliphatic heterocycles. The molecule has 0 aromatic heterocycles. The highest BCUT2D eigenvalue weighted by Gasteiger charge is 2.82. The molecule has 6 fully saturated rings. The quantitative estimate of drug-likeness (QED) is 0.528. The molecular weight excluding hydrogens is 380 g/mol. The number of aliphatic carboxylic acids is 1. The largest absolute Gasteiger partial charge is 0.481 e. The summed E-state index contributed by atoms with van der Waals surface area (Å²) in [6.07, 6.45) is 8.47. The molecule has 1 spiro atoms. The number of carbonyl (C=O) groups is 3. The Morgan fingerprint density at radius 3 is 2.67 bits per heavy atom. The second-order valence-corrected chi connectivity index (χ2v) is 12.1. The van der Waals surface area contributed by atoms with Gasteiger partial charge in [0.05, 0.1) is 0 Å². The summed E-state index contributed by atoms with van der Waals surface area (Å²) in [7, 11) is 0. The molecule has 5 heteroatoms. The van der Waals surface area contributed by atoms with Gasteiger partial charge in [0, 0.05) is 24.2 Å². The van der Waals surface area contributed by atoms with Gasteiger partial charge in [-0.15, -0.1) is 0 Å². The van der Waals surface area contributed by atoms with Crippen molar-refractivity contribution in [3.63, 3.8) is 0 Å². The first-order valence-corrected chi connectivity index (χ1v) is 11.9. The molecular formula is C25H30O5. The van der Waals surface area contributed by atoms with Gasteiger partial charge in [-0.1, -0.05) is 19.4 Å². The minimum Gasteiger partial charge on any atom is -0.481 e. The molecule has 11 unspecified atom stereocenters. The van der Waals surface area contributed by atoms with Crippen LogP contribution in [0.3, 0.4) is 0 Å². The standard InChI is InChI=1S/C25H30O5/c1-23-5-3-11(26)7-17(23)12-8-13(12)19-16(23)4-6-24(2)20(19)14-9-18(14)25(24)10-15(21(27)28)22(29)30-25/h7,12-16,18-20H,3-6,8-10H2,1-2H3,(H,27,28). The summed E-state index contributed by atoms with van der Waals surface area (Å²) < 4.78 is 6.11. The summed E-state index contributed by atoms with van der Waals surface area (Å²) >= 11 is 0. The van der Waals surface area contributed by atoms with Crippen LogP contribution in [-0.4, -0.2) is 28.4 Å². The Labute approximate surface area is 176 Å². The van der Waals surface area contributed by atoms with Gasteiger partial charge in [-0.3, -0.25) is 14.4 Å². The van der Waals surface area contributed by atoms with E-state index in [1.165, 1.54) is 12.0 Å². The summed E-state index contributed by atoms with van der Waals surface area (Å²) in [6, 6.07) is 0. The number of ether oxygens (including phenoxy) is 1. The minimum atomic E-state index is -1.02. The van der Waals surface area contributed by atoms with Crippen LogP contribution < -0.4 is 0 Å². The van der Waals surface area contributed by atoms with E-state index in [-0.39, 0.29) is 10.8 Å².